The van der Waals surface area contributed by atoms with Crippen LogP contribution in [-0.2, 0) is 9.59 Å². The van der Waals surface area contributed by atoms with Gasteiger partial charge in [-0.15, -0.1) is 0 Å². The van der Waals surface area contributed by atoms with Crippen molar-refractivity contribution in [2.24, 2.45) is 11.8 Å². The van der Waals surface area contributed by atoms with Gasteiger partial charge in [0.05, 0.1) is 0 Å². The minimum atomic E-state index is -0.250. The molecule has 1 heterocycles. The summed E-state index contributed by atoms with van der Waals surface area (Å²) >= 11 is 0. The Bertz CT molecular complexity index is 386. The number of carbonyl (C=O) groups excluding carboxylic acids is 1. The highest BCUT2D eigenvalue weighted by atomic mass is 16.3. The van der Waals surface area contributed by atoms with Gasteiger partial charge in [0.15, 0.2) is 0 Å². The molecule has 1 amide bonds. The van der Waals surface area contributed by atoms with Crippen molar-refractivity contribution >= 4 is 12.4 Å². The molecular formula is C18H32N2O3. The van der Waals surface area contributed by atoms with Gasteiger partial charge in [-0.2, -0.15) is 0 Å². The van der Waals surface area contributed by atoms with Gasteiger partial charge < -0.3 is 10.4 Å². The number of likely N-dealkylation sites (tertiary alicyclic amines) is 1. The van der Waals surface area contributed by atoms with E-state index in [0.29, 0.717) is 17.7 Å². The lowest BCUT2D eigenvalue weighted by atomic mass is 9.97. The second kappa shape index (κ2) is 11.2. The highest BCUT2D eigenvalue weighted by Crippen LogP contribution is 2.25. The van der Waals surface area contributed by atoms with Crippen LogP contribution < -0.4 is 5.32 Å². The molecule has 23 heavy (non-hydrogen) atoms. The Hall–Kier alpha value is -1.36. The largest absolute Gasteiger partial charge is 0.483 e. The fourth-order valence-corrected chi connectivity index (χ4v) is 3.37. The topological polar surface area (TPSA) is 69.6 Å². The molecule has 1 saturated heterocycles. The lowest BCUT2D eigenvalue weighted by Gasteiger charge is -2.32. The average Bonchev–Trinajstić information content (AvgIpc) is 3.06. The molecule has 0 radical (unpaired) electrons. The van der Waals surface area contributed by atoms with E-state index in [4.69, 9.17) is 9.90 Å². The summed E-state index contributed by atoms with van der Waals surface area (Å²) in [6.07, 6.45) is 9.50. The van der Waals surface area contributed by atoms with Crippen molar-refractivity contribution in [3.63, 3.8) is 0 Å². The maximum atomic E-state index is 12.1. The monoisotopic (exact) mass is 324 g/mol. The van der Waals surface area contributed by atoms with Crippen LogP contribution in [0.15, 0.2) is 11.6 Å². The first-order chi connectivity index (χ1) is 11.1. The zero-order valence-electron chi connectivity index (χ0n) is 14.6. The summed E-state index contributed by atoms with van der Waals surface area (Å²) in [7, 11) is 0. The first-order valence-corrected chi connectivity index (χ1v) is 8.78. The first kappa shape index (κ1) is 19.7. The molecule has 2 aliphatic rings. The molecule has 1 aliphatic carbocycles. The van der Waals surface area contributed by atoms with Crippen LogP contribution in [0.5, 0.6) is 0 Å². The summed E-state index contributed by atoms with van der Waals surface area (Å²) in [5.74, 6) is 1.25. The minimum Gasteiger partial charge on any atom is -0.483 e. The van der Waals surface area contributed by atoms with E-state index in [-0.39, 0.29) is 6.47 Å². The van der Waals surface area contributed by atoms with Crippen LogP contribution in [0.3, 0.4) is 0 Å². The van der Waals surface area contributed by atoms with Crippen molar-refractivity contribution in [1.29, 1.82) is 0 Å². The standard InChI is InChI=1S/C17H30N2O.CH2O2/c1-14(2)9-11-19-10-5-6-15(13-19)12-18-17(20)16-7-3-4-8-16;2-1-3/h9,15-16H,3-8,10-13H2,1-2H3,(H,18,20);1H,(H,2,3). The van der Waals surface area contributed by atoms with Crippen molar-refractivity contribution in [1.82, 2.24) is 10.2 Å². The van der Waals surface area contributed by atoms with Gasteiger partial charge in [0.1, 0.15) is 0 Å². The van der Waals surface area contributed by atoms with E-state index < -0.39 is 0 Å². The maximum Gasteiger partial charge on any atom is 0.290 e. The van der Waals surface area contributed by atoms with Gasteiger partial charge in [-0.1, -0.05) is 24.5 Å². The summed E-state index contributed by atoms with van der Waals surface area (Å²) in [5, 5.41) is 10.1. The molecule has 0 bridgehead atoms. The lowest BCUT2D eigenvalue weighted by molar-refractivity contribution is -0.125. The Morgan fingerprint density at radius 3 is 2.48 bits per heavy atom. The molecule has 132 valence electrons. The second-order valence-electron chi connectivity index (χ2n) is 6.88. The quantitative estimate of drug-likeness (QED) is 0.602. The zero-order chi connectivity index (χ0) is 17.1. The first-order valence-electron chi connectivity index (χ1n) is 8.78. The summed E-state index contributed by atoms with van der Waals surface area (Å²) in [5.41, 5.74) is 1.39. The third-order valence-corrected chi connectivity index (χ3v) is 4.65. The van der Waals surface area contributed by atoms with E-state index in [9.17, 15) is 4.79 Å². The molecule has 1 saturated carbocycles. The van der Waals surface area contributed by atoms with Gasteiger partial charge in [0.25, 0.3) is 6.47 Å². The summed E-state index contributed by atoms with van der Waals surface area (Å²) < 4.78 is 0. The highest BCUT2D eigenvalue weighted by molar-refractivity contribution is 5.78. The van der Waals surface area contributed by atoms with Crippen LogP contribution in [0.4, 0.5) is 0 Å². The Morgan fingerprint density at radius 2 is 1.87 bits per heavy atom. The number of carbonyl (C=O) groups is 2. The van der Waals surface area contributed by atoms with Gasteiger partial charge in [0.2, 0.25) is 5.91 Å². The van der Waals surface area contributed by atoms with Crippen molar-refractivity contribution in [3.8, 4) is 0 Å². The lowest BCUT2D eigenvalue weighted by Crippen LogP contribution is -2.42. The Kier molecular flexibility index (Phi) is 9.60. The fourth-order valence-electron chi connectivity index (χ4n) is 3.37. The number of amides is 1. The van der Waals surface area contributed by atoms with Crippen LogP contribution in [0.25, 0.3) is 0 Å². The minimum absolute atomic E-state index is 0.250. The molecule has 5 nitrogen and oxygen atoms in total. The molecule has 1 aliphatic heterocycles. The zero-order valence-corrected chi connectivity index (χ0v) is 14.6. The van der Waals surface area contributed by atoms with Crippen LogP contribution in [0.2, 0.25) is 0 Å². The predicted molar refractivity (Wildman–Crippen MR) is 92.3 cm³/mol. The normalized spacial score (nSPS) is 21.9. The van der Waals surface area contributed by atoms with Crippen molar-refractivity contribution < 1.29 is 14.7 Å². The molecule has 1 unspecified atom stereocenters. The number of hydrogen-bond acceptors (Lipinski definition) is 3. The number of nitrogens with one attached hydrogen (secondary N) is 1. The highest BCUT2D eigenvalue weighted by Gasteiger charge is 2.24. The Labute approximate surface area is 140 Å². The SMILES string of the molecule is CC(C)=CCN1CCCC(CNC(=O)C2CCCC2)C1.O=CO. The molecule has 2 N–H and O–H groups in total. The molecule has 2 fully saturated rings. The number of nitrogens with zero attached hydrogens (tertiary/aromatic N) is 1. The van der Waals surface area contributed by atoms with Crippen LogP contribution >= 0.6 is 0 Å². The maximum absolute atomic E-state index is 12.1. The Morgan fingerprint density at radius 1 is 1.22 bits per heavy atom. The van der Waals surface area contributed by atoms with Crippen molar-refractivity contribution in [3.05, 3.63) is 11.6 Å². The molecule has 0 aromatic heterocycles. The number of allylic oxidation sites excluding steroid dienone is 1. The van der Waals surface area contributed by atoms with Crippen LogP contribution in [-0.4, -0.2) is 48.6 Å². The van der Waals surface area contributed by atoms with Crippen molar-refractivity contribution in [2.45, 2.75) is 52.4 Å². The van der Waals surface area contributed by atoms with Gasteiger partial charge in [-0.3, -0.25) is 14.5 Å². The molecule has 5 heteroatoms. The van der Waals surface area contributed by atoms with Crippen molar-refractivity contribution in [2.75, 3.05) is 26.2 Å². The van der Waals surface area contributed by atoms with Gasteiger partial charge in [0, 0.05) is 25.6 Å². The molecule has 0 aromatic carbocycles. The Balaban J connectivity index is 0.000000816. The van der Waals surface area contributed by atoms with E-state index >= 15 is 0 Å². The number of hydrogen-bond donors (Lipinski definition) is 2. The van der Waals surface area contributed by atoms with Crippen LogP contribution in [0.1, 0.15) is 52.4 Å². The van der Waals surface area contributed by atoms with Gasteiger partial charge >= 0.3 is 0 Å². The molecule has 2 rings (SSSR count). The van der Waals surface area contributed by atoms with Crippen LogP contribution in [0, 0.1) is 11.8 Å². The molecule has 0 aromatic rings. The van der Waals surface area contributed by atoms with Gasteiger partial charge in [-0.05, 0) is 52.0 Å². The number of carboxylic acid groups (broad SMARTS) is 1. The number of piperidine rings is 1. The van der Waals surface area contributed by atoms with E-state index in [1.807, 2.05) is 0 Å². The predicted octanol–water partition coefficient (Wildman–Crippen LogP) is 2.67. The summed E-state index contributed by atoms with van der Waals surface area (Å²) in [6, 6.07) is 0. The molecule has 1 atom stereocenters. The average molecular weight is 324 g/mol. The van der Waals surface area contributed by atoms with Gasteiger partial charge in [-0.25, -0.2) is 0 Å². The smallest absolute Gasteiger partial charge is 0.290 e. The molecular weight excluding hydrogens is 292 g/mol. The third kappa shape index (κ3) is 8.16. The summed E-state index contributed by atoms with van der Waals surface area (Å²) in [6.45, 7) is 8.34. The molecule has 0 spiro atoms. The second-order valence-corrected chi connectivity index (χ2v) is 6.88. The van der Waals surface area contributed by atoms with E-state index in [0.717, 1.165) is 32.5 Å². The van der Waals surface area contributed by atoms with E-state index in [2.05, 4.69) is 30.1 Å². The number of rotatable bonds is 5. The fraction of sp³-hybridized carbons (Fsp3) is 0.778. The van der Waals surface area contributed by atoms with E-state index in [1.165, 1.54) is 37.8 Å². The third-order valence-electron chi connectivity index (χ3n) is 4.65. The van der Waals surface area contributed by atoms with E-state index in [1.54, 1.807) is 0 Å². The summed E-state index contributed by atoms with van der Waals surface area (Å²) in [4.78, 5) is 22.9.